The molecule has 0 aliphatic rings. The van der Waals surface area contributed by atoms with Crippen LogP contribution in [0.2, 0.25) is 0 Å². The molecule has 0 aromatic heterocycles. The second-order valence-corrected chi connectivity index (χ2v) is 4.03. The summed E-state index contributed by atoms with van der Waals surface area (Å²) in [6.07, 6.45) is 0. The highest BCUT2D eigenvalue weighted by Gasteiger charge is 2.05. The molecule has 0 bridgehead atoms. The third-order valence-corrected chi connectivity index (χ3v) is 1.54. The van der Waals surface area contributed by atoms with Crippen LogP contribution in [-0.2, 0) is 9.47 Å². The highest BCUT2D eigenvalue weighted by molar-refractivity contribution is 5.85. The fraction of sp³-hybridized carbons (Fsp3) is 1.00. The Morgan fingerprint density at radius 2 is 1.40 bits per heavy atom. The fourth-order valence-electron chi connectivity index (χ4n) is 0.744. The Labute approximate surface area is 106 Å². The van der Waals surface area contributed by atoms with Crippen molar-refractivity contribution in [1.29, 1.82) is 0 Å². The largest absolute Gasteiger partial charge is 1.00 e. The third-order valence-electron chi connectivity index (χ3n) is 1.54. The SMILES string of the molecule is C[N+](C)(C)CCOCCOCCN.Cl.[Cl-]. The quantitative estimate of drug-likeness (QED) is 0.378. The molecule has 0 aliphatic carbocycles. The number of halogens is 2. The molecule has 0 aromatic rings. The van der Waals surface area contributed by atoms with E-state index in [1.165, 1.54) is 0 Å². The van der Waals surface area contributed by atoms with Gasteiger partial charge in [-0.15, -0.1) is 12.4 Å². The van der Waals surface area contributed by atoms with Crippen LogP contribution in [0.15, 0.2) is 0 Å². The Morgan fingerprint density at radius 3 is 1.80 bits per heavy atom. The van der Waals surface area contributed by atoms with Crippen LogP contribution in [0.5, 0.6) is 0 Å². The lowest BCUT2D eigenvalue weighted by molar-refractivity contribution is -0.870. The highest BCUT2D eigenvalue weighted by atomic mass is 35.5. The van der Waals surface area contributed by atoms with Gasteiger partial charge in [-0.05, 0) is 0 Å². The van der Waals surface area contributed by atoms with Crippen LogP contribution in [0.4, 0.5) is 0 Å². The molecular weight excluding hydrogens is 239 g/mol. The van der Waals surface area contributed by atoms with E-state index in [-0.39, 0.29) is 24.8 Å². The third kappa shape index (κ3) is 20.5. The van der Waals surface area contributed by atoms with Crippen LogP contribution >= 0.6 is 12.4 Å². The Balaban J connectivity index is -0.000000720. The van der Waals surface area contributed by atoms with Gasteiger partial charge >= 0.3 is 0 Å². The van der Waals surface area contributed by atoms with Crippen molar-refractivity contribution in [3.05, 3.63) is 0 Å². The minimum atomic E-state index is 0. The van der Waals surface area contributed by atoms with Crippen LogP contribution in [0.3, 0.4) is 0 Å². The number of hydrogen-bond donors (Lipinski definition) is 1. The molecule has 0 radical (unpaired) electrons. The molecule has 6 heteroatoms. The number of hydrogen-bond acceptors (Lipinski definition) is 3. The molecule has 0 spiro atoms. The van der Waals surface area contributed by atoms with Crippen LogP contribution in [0.1, 0.15) is 0 Å². The summed E-state index contributed by atoms with van der Waals surface area (Å²) in [7, 11) is 6.44. The molecule has 96 valence electrons. The van der Waals surface area contributed by atoms with Crippen molar-refractivity contribution in [2.75, 3.05) is 60.7 Å². The maximum atomic E-state index is 5.37. The normalized spacial score (nSPS) is 10.4. The highest BCUT2D eigenvalue weighted by Crippen LogP contribution is 1.89. The first-order valence-corrected chi connectivity index (χ1v) is 4.72. The Hall–Kier alpha value is 0.420. The van der Waals surface area contributed by atoms with E-state index >= 15 is 0 Å². The lowest BCUT2D eigenvalue weighted by Gasteiger charge is -2.23. The van der Waals surface area contributed by atoms with Crippen molar-refractivity contribution >= 4 is 12.4 Å². The van der Waals surface area contributed by atoms with E-state index in [4.69, 9.17) is 15.2 Å². The van der Waals surface area contributed by atoms with Crippen molar-refractivity contribution in [3.8, 4) is 0 Å². The van der Waals surface area contributed by atoms with Crippen molar-refractivity contribution in [1.82, 2.24) is 0 Å². The summed E-state index contributed by atoms with van der Waals surface area (Å²) in [5.41, 5.74) is 5.26. The maximum absolute atomic E-state index is 5.37. The Morgan fingerprint density at radius 1 is 0.933 bits per heavy atom. The number of nitrogens with zero attached hydrogens (tertiary/aromatic N) is 1. The lowest BCUT2D eigenvalue weighted by Crippen LogP contribution is -3.00. The molecule has 0 heterocycles. The van der Waals surface area contributed by atoms with E-state index in [1.807, 2.05) is 0 Å². The summed E-state index contributed by atoms with van der Waals surface area (Å²) in [5.74, 6) is 0. The zero-order valence-corrected chi connectivity index (χ0v) is 11.4. The Bertz CT molecular complexity index is 121. The van der Waals surface area contributed by atoms with Crippen LogP contribution in [0.25, 0.3) is 0 Å². The van der Waals surface area contributed by atoms with E-state index in [0.717, 1.165) is 17.6 Å². The smallest absolute Gasteiger partial charge is 0.102 e. The van der Waals surface area contributed by atoms with Gasteiger partial charge in [0.2, 0.25) is 0 Å². The predicted molar refractivity (Wildman–Crippen MR) is 60.8 cm³/mol. The standard InChI is InChI=1S/C9H23N2O2.2ClH/c1-11(2,3)5-7-13-9-8-12-6-4-10;;/h4-10H2,1-3H3;2*1H/q+1;;/p-1. The molecule has 0 rings (SSSR count). The number of likely N-dealkylation sites (N-methyl/N-ethyl adjacent to an activating group) is 1. The minimum absolute atomic E-state index is 0. The zero-order valence-electron chi connectivity index (χ0n) is 9.87. The first-order chi connectivity index (χ1) is 6.06. The summed E-state index contributed by atoms with van der Waals surface area (Å²) >= 11 is 0. The van der Waals surface area contributed by atoms with E-state index in [0.29, 0.717) is 26.4 Å². The van der Waals surface area contributed by atoms with Gasteiger partial charge in [-0.3, -0.25) is 0 Å². The van der Waals surface area contributed by atoms with Gasteiger partial charge in [0.05, 0.1) is 47.6 Å². The average molecular weight is 263 g/mol. The number of quaternary nitrogens is 1. The average Bonchev–Trinajstić information content (AvgIpc) is 2.01. The molecule has 0 atom stereocenters. The van der Waals surface area contributed by atoms with Gasteiger partial charge in [0.1, 0.15) is 6.54 Å². The molecule has 0 amide bonds. The predicted octanol–water partition coefficient (Wildman–Crippen LogP) is -2.89. The van der Waals surface area contributed by atoms with Gasteiger partial charge in [-0.2, -0.15) is 0 Å². The molecule has 4 nitrogen and oxygen atoms in total. The summed E-state index contributed by atoms with van der Waals surface area (Å²) in [6.45, 7) is 4.33. The van der Waals surface area contributed by atoms with Gasteiger partial charge < -0.3 is 32.1 Å². The van der Waals surface area contributed by atoms with E-state index in [2.05, 4.69) is 21.1 Å². The van der Waals surface area contributed by atoms with Crippen LogP contribution < -0.4 is 18.1 Å². The van der Waals surface area contributed by atoms with E-state index < -0.39 is 0 Å². The van der Waals surface area contributed by atoms with Gasteiger partial charge in [-0.1, -0.05) is 0 Å². The van der Waals surface area contributed by atoms with Crippen molar-refractivity contribution in [3.63, 3.8) is 0 Å². The molecule has 0 unspecified atom stereocenters. The topological polar surface area (TPSA) is 44.5 Å². The lowest BCUT2D eigenvalue weighted by atomic mass is 10.5. The summed E-state index contributed by atoms with van der Waals surface area (Å²) < 4.78 is 11.5. The monoisotopic (exact) mass is 262 g/mol. The summed E-state index contributed by atoms with van der Waals surface area (Å²) in [5, 5.41) is 0. The molecule has 0 aromatic carbocycles. The maximum Gasteiger partial charge on any atom is 0.102 e. The van der Waals surface area contributed by atoms with Crippen LogP contribution in [0, 0.1) is 0 Å². The molecule has 0 fully saturated rings. The van der Waals surface area contributed by atoms with E-state index in [9.17, 15) is 0 Å². The first-order valence-electron chi connectivity index (χ1n) is 4.72. The number of nitrogens with two attached hydrogens (primary N) is 1. The van der Waals surface area contributed by atoms with Gasteiger partial charge in [0, 0.05) is 6.54 Å². The molecular formula is C9H24Cl2N2O2. The number of ether oxygens (including phenoxy) is 2. The van der Waals surface area contributed by atoms with Gasteiger partial charge in [-0.25, -0.2) is 0 Å². The van der Waals surface area contributed by atoms with Gasteiger partial charge in [0.15, 0.2) is 0 Å². The molecule has 15 heavy (non-hydrogen) atoms. The number of rotatable bonds is 8. The molecule has 2 N–H and O–H groups in total. The Kier molecular flexibility index (Phi) is 17.3. The van der Waals surface area contributed by atoms with Crippen molar-refractivity contribution in [2.24, 2.45) is 5.73 Å². The van der Waals surface area contributed by atoms with Crippen LogP contribution in [-0.4, -0.2) is 65.1 Å². The van der Waals surface area contributed by atoms with Crippen molar-refractivity contribution < 1.29 is 26.4 Å². The second kappa shape index (κ2) is 12.5. The van der Waals surface area contributed by atoms with Gasteiger partial charge in [0.25, 0.3) is 0 Å². The zero-order chi connectivity index (χ0) is 10.2. The fourth-order valence-corrected chi connectivity index (χ4v) is 0.744. The first kappa shape index (κ1) is 20.8. The van der Waals surface area contributed by atoms with Crippen molar-refractivity contribution in [2.45, 2.75) is 0 Å². The van der Waals surface area contributed by atoms with E-state index in [1.54, 1.807) is 0 Å². The minimum Gasteiger partial charge on any atom is -1.00 e. The molecule has 0 aliphatic heterocycles. The summed E-state index contributed by atoms with van der Waals surface area (Å²) in [4.78, 5) is 0. The molecule has 0 saturated heterocycles. The summed E-state index contributed by atoms with van der Waals surface area (Å²) in [6, 6.07) is 0. The second-order valence-electron chi connectivity index (χ2n) is 4.03. The molecule has 0 saturated carbocycles.